The van der Waals surface area contributed by atoms with Crippen LogP contribution >= 0.6 is 0 Å². The molecule has 1 fully saturated rings. The molecule has 0 radical (unpaired) electrons. The van der Waals surface area contributed by atoms with Gasteiger partial charge in [0.1, 0.15) is 0 Å². The molecule has 0 aromatic heterocycles. The Balaban J connectivity index is 2.43. The second-order valence-corrected chi connectivity index (χ2v) is 11.6. The third-order valence-electron chi connectivity index (χ3n) is 6.09. The number of ether oxygens (including phenoxy) is 1. The summed E-state index contributed by atoms with van der Waals surface area (Å²) < 4.78 is 11.5. The largest absolute Gasteiger partial charge is 0.469 e. The third kappa shape index (κ3) is 4.18. The fourth-order valence-corrected chi connectivity index (χ4v) is 5.66. The molecule has 0 spiro atoms. The molecule has 1 aliphatic heterocycles. The zero-order valence-corrected chi connectivity index (χ0v) is 19.6. The summed E-state index contributed by atoms with van der Waals surface area (Å²) in [7, 11) is -0.0258. The molecule has 1 aromatic rings. The van der Waals surface area contributed by atoms with Gasteiger partial charge in [-0.15, -0.1) is 0 Å². The van der Waals surface area contributed by atoms with Crippen molar-refractivity contribution >= 4 is 20.9 Å². The van der Waals surface area contributed by atoms with Gasteiger partial charge in [-0.25, -0.2) is 0 Å². The Morgan fingerprint density at radius 3 is 2.21 bits per heavy atom. The zero-order valence-electron chi connectivity index (χ0n) is 18.5. The van der Waals surface area contributed by atoms with E-state index < -0.39 is 20.6 Å². The monoisotopic (exact) mass is 405 g/mol. The van der Waals surface area contributed by atoms with Crippen LogP contribution in [0, 0.1) is 17.3 Å². The van der Waals surface area contributed by atoms with E-state index in [9.17, 15) is 9.59 Å². The van der Waals surface area contributed by atoms with Crippen LogP contribution in [-0.2, 0) is 25.3 Å². The van der Waals surface area contributed by atoms with Crippen LogP contribution in [0.2, 0.25) is 13.1 Å². The summed E-state index contributed by atoms with van der Waals surface area (Å²) in [5.41, 5.74) is 0.148. The normalized spacial score (nSPS) is 23.2. The van der Waals surface area contributed by atoms with Gasteiger partial charge < -0.3 is 14.1 Å². The fraction of sp³-hybridized carbons (Fsp3) is 0.636. The summed E-state index contributed by atoms with van der Waals surface area (Å²) in [4.78, 5) is 27.6. The SMILES string of the molecule is COC(=O)C(C)C1C(C(C)(O[SiH](C)C)C(C)(C)C)C(=O)N1Cc1ccccc1. The van der Waals surface area contributed by atoms with E-state index in [2.05, 4.69) is 33.9 Å². The first-order chi connectivity index (χ1) is 12.9. The number of carbonyl (C=O) groups excluding carboxylic acids is 2. The maximum absolute atomic E-state index is 13.4. The lowest BCUT2D eigenvalue weighted by atomic mass is 9.61. The van der Waals surface area contributed by atoms with Gasteiger partial charge >= 0.3 is 5.97 Å². The average Bonchev–Trinajstić information content (AvgIpc) is 2.61. The second kappa shape index (κ2) is 8.37. The van der Waals surface area contributed by atoms with Gasteiger partial charge in [-0.05, 0) is 37.9 Å². The molecular weight excluding hydrogens is 370 g/mol. The highest BCUT2D eigenvalue weighted by Crippen LogP contribution is 2.50. The van der Waals surface area contributed by atoms with E-state index in [4.69, 9.17) is 9.16 Å². The first kappa shape index (κ1) is 22.6. The number of nitrogens with zero attached hydrogens (tertiary/aromatic N) is 1. The Morgan fingerprint density at radius 1 is 1.18 bits per heavy atom. The summed E-state index contributed by atoms with van der Waals surface area (Å²) in [6, 6.07) is 9.63. The molecule has 4 unspecified atom stereocenters. The minimum atomic E-state index is -1.42. The Hall–Kier alpha value is -1.66. The van der Waals surface area contributed by atoms with Crippen LogP contribution in [0.3, 0.4) is 0 Å². The van der Waals surface area contributed by atoms with E-state index in [1.165, 1.54) is 7.11 Å². The van der Waals surface area contributed by atoms with Crippen molar-refractivity contribution in [3.05, 3.63) is 35.9 Å². The number of β-lactam (4-membered cyclic amide) rings is 1. The molecule has 2 rings (SSSR count). The third-order valence-corrected chi connectivity index (χ3v) is 7.06. The molecule has 4 atom stereocenters. The van der Waals surface area contributed by atoms with Crippen molar-refractivity contribution in [1.82, 2.24) is 4.90 Å². The van der Waals surface area contributed by atoms with E-state index in [0.717, 1.165) is 5.56 Å². The first-order valence-electron chi connectivity index (χ1n) is 10.0. The van der Waals surface area contributed by atoms with Crippen LogP contribution in [0.5, 0.6) is 0 Å². The van der Waals surface area contributed by atoms with Crippen LogP contribution < -0.4 is 0 Å². The number of hydrogen-bond acceptors (Lipinski definition) is 4. The molecule has 1 amide bonds. The minimum Gasteiger partial charge on any atom is -0.469 e. The highest BCUT2D eigenvalue weighted by Gasteiger charge is 2.62. The summed E-state index contributed by atoms with van der Waals surface area (Å²) in [5.74, 6) is -1.04. The van der Waals surface area contributed by atoms with Crippen molar-refractivity contribution in [2.24, 2.45) is 17.3 Å². The first-order valence-corrected chi connectivity index (χ1v) is 12.8. The standard InChI is InChI=1S/C22H35NO4Si/c1-15(20(25)26-6)18-17(22(5,21(2,3)4)27-28(7)8)19(24)23(18)14-16-12-10-9-11-13-16/h9-13,15,17-18,28H,14H2,1-8H3. The van der Waals surface area contributed by atoms with E-state index in [1.54, 1.807) is 0 Å². The van der Waals surface area contributed by atoms with Crippen molar-refractivity contribution in [1.29, 1.82) is 0 Å². The van der Waals surface area contributed by atoms with Crippen LogP contribution in [0.1, 0.15) is 40.2 Å². The number of benzene rings is 1. The van der Waals surface area contributed by atoms with Gasteiger partial charge in [0.15, 0.2) is 9.04 Å². The van der Waals surface area contributed by atoms with Crippen molar-refractivity contribution in [3.63, 3.8) is 0 Å². The lowest BCUT2D eigenvalue weighted by molar-refractivity contribution is -0.195. The van der Waals surface area contributed by atoms with Crippen LogP contribution in [-0.4, -0.2) is 44.6 Å². The smallest absolute Gasteiger partial charge is 0.310 e. The average molecular weight is 406 g/mol. The van der Waals surface area contributed by atoms with Gasteiger partial charge in [-0.1, -0.05) is 51.1 Å². The maximum atomic E-state index is 13.4. The van der Waals surface area contributed by atoms with Crippen molar-refractivity contribution in [2.75, 3.05) is 7.11 Å². The van der Waals surface area contributed by atoms with Gasteiger partial charge in [0.2, 0.25) is 5.91 Å². The number of likely N-dealkylation sites (tertiary alicyclic amines) is 1. The quantitative estimate of drug-likeness (QED) is 0.395. The van der Waals surface area contributed by atoms with Crippen molar-refractivity contribution in [2.45, 2.75) is 65.9 Å². The van der Waals surface area contributed by atoms with Crippen LogP contribution in [0.4, 0.5) is 0 Å². The molecule has 1 aliphatic rings. The van der Waals surface area contributed by atoms with Crippen LogP contribution in [0.25, 0.3) is 0 Å². The molecule has 5 nitrogen and oxygen atoms in total. The van der Waals surface area contributed by atoms with Crippen molar-refractivity contribution < 1.29 is 18.8 Å². The molecule has 1 saturated heterocycles. The number of rotatable bonds is 7. The van der Waals surface area contributed by atoms with E-state index in [-0.39, 0.29) is 29.3 Å². The number of carbonyl (C=O) groups is 2. The fourth-order valence-electron chi connectivity index (χ4n) is 4.18. The molecule has 1 aromatic carbocycles. The highest BCUT2D eigenvalue weighted by atomic mass is 28.3. The van der Waals surface area contributed by atoms with Gasteiger partial charge in [0.25, 0.3) is 0 Å². The minimum absolute atomic E-state index is 0.0525. The predicted octanol–water partition coefficient (Wildman–Crippen LogP) is 3.63. The summed E-state index contributed by atoms with van der Waals surface area (Å²) >= 11 is 0. The number of esters is 1. The number of hydrogen-bond donors (Lipinski definition) is 0. The lowest BCUT2D eigenvalue weighted by Crippen LogP contribution is -2.73. The van der Waals surface area contributed by atoms with E-state index in [0.29, 0.717) is 6.54 Å². The molecular formula is C22H35NO4Si. The van der Waals surface area contributed by atoms with E-state index >= 15 is 0 Å². The predicted molar refractivity (Wildman–Crippen MR) is 113 cm³/mol. The van der Waals surface area contributed by atoms with Gasteiger partial charge in [-0.2, -0.15) is 0 Å². The molecule has 156 valence electrons. The molecule has 1 heterocycles. The van der Waals surface area contributed by atoms with Crippen LogP contribution in [0.15, 0.2) is 30.3 Å². The topological polar surface area (TPSA) is 55.8 Å². The van der Waals surface area contributed by atoms with E-state index in [1.807, 2.05) is 49.1 Å². The summed E-state index contributed by atoms with van der Waals surface area (Å²) in [6.45, 7) is 14.9. The van der Waals surface area contributed by atoms with Gasteiger partial charge in [0, 0.05) is 6.54 Å². The highest BCUT2D eigenvalue weighted by molar-refractivity contribution is 6.48. The molecule has 0 aliphatic carbocycles. The molecule has 0 N–H and O–H groups in total. The molecule has 6 heteroatoms. The van der Waals surface area contributed by atoms with Gasteiger partial charge in [0.05, 0.1) is 30.6 Å². The Kier molecular flexibility index (Phi) is 6.76. The molecule has 28 heavy (non-hydrogen) atoms. The molecule has 0 bridgehead atoms. The Bertz CT molecular complexity index is 700. The lowest BCUT2D eigenvalue weighted by Gasteiger charge is -2.59. The van der Waals surface area contributed by atoms with Crippen molar-refractivity contribution in [3.8, 4) is 0 Å². The molecule has 0 saturated carbocycles. The maximum Gasteiger partial charge on any atom is 0.310 e. The number of amides is 1. The van der Waals surface area contributed by atoms with Gasteiger partial charge in [-0.3, -0.25) is 9.59 Å². The summed E-state index contributed by atoms with van der Waals surface area (Å²) in [5, 5.41) is 0. The second-order valence-electron chi connectivity index (χ2n) is 9.26. The summed E-state index contributed by atoms with van der Waals surface area (Å²) in [6.07, 6.45) is 0. The Morgan fingerprint density at radius 2 is 1.75 bits per heavy atom. The zero-order chi connectivity index (χ0) is 21.3. The Labute approximate surface area is 171 Å². The number of methoxy groups -OCH3 is 1.